The highest BCUT2D eigenvalue weighted by atomic mass is 16.5. The quantitative estimate of drug-likeness (QED) is 0.593. The van der Waals surface area contributed by atoms with Gasteiger partial charge in [0.1, 0.15) is 16.8 Å². The van der Waals surface area contributed by atoms with Gasteiger partial charge in [0.05, 0.1) is 0 Å². The molecule has 0 atom stereocenters. The first-order chi connectivity index (χ1) is 13.4. The number of carboxylic acid groups (broad SMARTS) is 2. The third-order valence-corrected chi connectivity index (χ3v) is 4.80. The van der Waals surface area contributed by atoms with E-state index >= 15 is 0 Å². The summed E-state index contributed by atoms with van der Waals surface area (Å²) < 4.78 is 5.31. The number of nitrogens with zero attached hydrogens (tertiary/aromatic N) is 1. The summed E-state index contributed by atoms with van der Waals surface area (Å²) in [6.45, 7) is 1.66. The van der Waals surface area contributed by atoms with Gasteiger partial charge in [0.15, 0.2) is 5.76 Å². The molecule has 1 fully saturated rings. The van der Waals surface area contributed by atoms with Crippen LogP contribution in [0, 0.1) is 24.2 Å². The fourth-order valence-electron chi connectivity index (χ4n) is 2.99. The minimum atomic E-state index is -1.19. The SMILES string of the molecule is Cc1noc(-c2ccc3cc(C#CC4(C(=O)O)CC4)ccc3c2)c1NC(=O)O. The van der Waals surface area contributed by atoms with Crippen LogP contribution in [0.5, 0.6) is 0 Å². The zero-order valence-electron chi connectivity index (χ0n) is 14.9. The van der Waals surface area contributed by atoms with Crippen molar-refractivity contribution in [1.29, 1.82) is 0 Å². The van der Waals surface area contributed by atoms with Crippen molar-refractivity contribution in [3.05, 3.63) is 47.7 Å². The van der Waals surface area contributed by atoms with E-state index in [-0.39, 0.29) is 0 Å². The maximum atomic E-state index is 11.2. The fraction of sp³-hybridized carbons (Fsp3) is 0.190. The van der Waals surface area contributed by atoms with Gasteiger partial charge in [0.25, 0.3) is 0 Å². The van der Waals surface area contributed by atoms with E-state index in [1.807, 2.05) is 36.4 Å². The van der Waals surface area contributed by atoms with Crippen molar-refractivity contribution in [2.45, 2.75) is 19.8 Å². The third-order valence-electron chi connectivity index (χ3n) is 4.80. The maximum absolute atomic E-state index is 11.2. The number of fused-ring (bicyclic) bond motifs is 1. The minimum absolute atomic E-state index is 0.317. The molecule has 7 nitrogen and oxygen atoms in total. The second-order valence-corrected chi connectivity index (χ2v) is 6.82. The lowest BCUT2D eigenvalue weighted by molar-refractivity contribution is -0.141. The number of aromatic nitrogens is 1. The number of nitrogens with one attached hydrogen (secondary N) is 1. The summed E-state index contributed by atoms with van der Waals surface area (Å²) in [5.74, 6) is 5.33. The molecule has 1 heterocycles. The first kappa shape index (κ1) is 17.6. The number of rotatable bonds is 3. The Hall–Kier alpha value is -3.79. The van der Waals surface area contributed by atoms with Gasteiger partial charge < -0.3 is 14.7 Å². The predicted octanol–water partition coefficient (Wildman–Crippen LogP) is 4.11. The first-order valence-electron chi connectivity index (χ1n) is 8.65. The number of anilines is 1. The second kappa shape index (κ2) is 6.43. The number of aryl methyl sites for hydroxylation is 1. The number of hydrogen-bond donors (Lipinski definition) is 3. The Morgan fingerprint density at radius 3 is 2.54 bits per heavy atom. The van der Waals surface area contributed by atoms with Crippen LogP contribution in [0.15, 0.2) is 40.9 Å². The van der Waals surface area contributed by atoms with Gasteiger partial charge in [-0.3, -0.25) is 10.1 Å². The van der Waals surface area contributed by atoms with Crippen LogP contribution in [-0.4, -0.2) is 27.4 Å². The van der Waals surface area contributed by atoms with Gasteiger partial charge in [-0.2, -0.15) is 0 Å². The number of carbonyl (C=O) groups is 2. The van der Waals surface area contributed by atoms with Crippen molar-refractivity contribution in [2.75, 3.05) is 5.32 Å². The lowest BCUT2D eigenvalue weighted by Gasteiger charge is -2.05. The third kappa shape index (κ3) is 3.16. The van der Waals surface area contributed by atoms with Crippen molar-refractivity contribution in [3.8, 4) is 23.2 Å². The summed E-state index contributed by atoms with van der Waals surface area (Å²) in [5.41, 5.74) is 1.33. The van der Waals surface area contributed by atoms with E-state index in [1.165, 1.54) is 0 Å². The highest BCUT2D eigenvalue weighted by molar-refractivity contribution is 5.93. The minimum Gasteiger partial charge on any atom is -0.480 e. The molecule has 0 unspecified atom stereocenters. The average molecular weight is 376 g/mol. The van der Waals surface area contributed by atoms with Crippen LogP contribution < -0.4 is 5.32 Å². The predicted molar refractivity (Wildman–Crippen MR) is 102 cm³/mol. The summed E-state index contributed by atoms with van der Waals surface area (Å²) in [6, 6.07) is 11.2. The van der Waals surface area contributed by atoms with Gasteiger partial charge in [0.2, 0.25) is 0 Å². The molecule has 0 aliphatic heterocycles. The van der Waals surface area contributed by atoms with Crippen molar-refractivity contribution in [1.82, 2.24) is 5.16 Å². The van der Waals surface area contributed by atoms with Crippen molar-refractivity contribution in [2.24, 2.45) is 5.41 Å². The zero-order valence-corrected chi connectivity index (χ0v) is 14.9. The molecule has 3 N–H and O–H groups in total. The Bertz CT molecular complexity index is 1180. The molecule has 0 radical (unpaired) electrons. The van der Waals surface area contributed by atoms with E-state index < -0.39 is 17.5 Å². The molecule has 28 heavy (non-hydrogen) atoms. The molecule has 0 saturated heterocycles. The Balaban J connectivity index is 1.68. The van der Waals surface area contributed by atoms with Crippen LogP contribution in [0.4, 0.5) is 10.5 Å². The van der Waals surface area contributed by atoms with Gasteiger partial charge >= 0.3 is 12.1 Å². The summed E-state index contributed by atoms with van der Waals surface area (Å²) in [4.78, 5) is 22.2. The van der Waals surface area contributed by atoms with Gasteiger partial charge in [-0.05, 0) is 48.7 Å². The Morgan fingerprint density at radius 2 is 1.86 bits per heavy atom. The molecule has 0 bridgehead atoms. The highest BCUT2D eigenvalue weighted by Crippen LogP contribution is 2.45. The summed E-state index contributed by atoms with van der Waals surface area (Å²) in [7, 11) is 0. The summed E-state index contributed by atoms with van der Waals surface area (Å²) >= 11 is 0. The molecule has 0 spiro atoms. The van der Waals surface area contributed by atoms with E-state index in [4.69, 9.17) is 9.63 Å². The molecule has 1 amide bonds. The molecule has 1 aliphatic carbocycles. The summed E-state index contributed by atoms with van der Waals surface area (Å²) in [5, 5.41) is 26.2. The topological polar surface area (TPSA) is 113 Å². The molecule has 7 heteroatoms. The van der Waals surface area contributed by atoms with Crippen molar-refractivity contribution in [3.63, 3.8) is 0 Å². The Kier molecular flexibility index (Phi) is 4.04. The van der Waals surface area contributed by atoms with Crippen LogP contribution in [0.1, 0.15) is 24.1 Å². The number of carboxylic acids is 1. The van der Waals surface area contributed by atoms with E-state index in [2.05, 4.69) is 22.3 Å². The van der Waals surface area contributed by atoms with E-state index in [0.717, 1.165) is 16.3 Å². The zero-order chi connectivity index (χ0) is 19.9. The van der Waals surface area contributed by atoms with Crippen LogP contribution in [0.2, 0.25) is 0 Å². The Morgan fingerprint density at radius 1 is 1.14 bits per heavy atom. The molecular formula is C21H16N2O5. The Labute approximate surface area is 160 Å². The number of aliphatic carboxylic acids is 1. The highest BCUT2D eigenvalue weighted by Gasteiger charge is 2.49. The molecule has 1 aliphatic rings. The van der Waals surface area contributed by atoms with Crippen molar-refractivity contribution >= 4 is 28.5 Å². The van der Waals surface area contributed by atoms with Crippen LogP contribution in [0.25, 0.3) is 22.1 Å². The largest absolute Gasteiger partial charge is 0.480 e. The smallest absolute Gasteiger partial charge is 0.409 e. The van der Waals surface area contributed by atoms with Gasteiger partial charge in [-0.25, -0.2) is 4.79 Å². The van der Waals surface area contributed by atoms with E-state index in [9.17, 15) is 14.7 Å². The number of amides is 1. The molecule has 1 saturated carbocycles. The van der Waals surface area contributed by atoms with Gasteiger partial charge in [-0.1, -0.05) is 35.2 Å². The van der Waals surface area contributed by atoms with Gasteiger partial charge in [0, 0.05) is 11.1 Å². The van der Waals surface area contributed by atoms with Crippen LogP contribution in [0.3, 0.4) is 0 Å². The van der Waals surface area contributed by atoms with Gasteiger partial charge in [-0.15, -0.1) is 0 Å². The van der Waals surface area contributed by atoms with Crippen LogP contribution in [-0.2, 0) is 4.79 Å². The number of benzene rings is 2. The molecule has 140 valence electrons. The normalized spacial score (nSPS) is 14.2. The van der Waals surface area contributed by atoms with Crippen LogP contribution >= 0.6 is 0 Å². The standard InChI is InChI=1S/C21H16N2O5/c1-12-17(22-20(26)27)18(28-23-12)16-5-4-14-10-13(2-3-15(14)11-16)6-7-21(8-9-21)19(24)25/h2-5,10-11,22H,8-9H2,1H3,(H,24,25)(H,26,27). The molecule has 4 rings (SSSR count). The maximum Gasteiger partial charge on any atom is 0.409 e. The molecule has 2 aromatic carbocycles. The number of hydrogen-bond acceptors (Lipinski definition) is 4. The summed E-state index contributed by atoms with van der Waals surface area (Å²) in [6.07, 6.45) is -0.00288. The first-order valence-corrected chi connectivity index (χ1v) is 8.65. The second-order valence-electron chi connectivity index (χ2n) is 6.82. The molecule has 3 aromatic rings. The average Bonchev–Trinajstić information content (AvgIpc) is 3.39. The molecular weight excluding hydrogens is 360 g/mol. The van der Waals surface area contributed by atoms with E-state index in [0.29, 0.717) is 35.5 Å². The van der Waals surface area contributed by atoms with E-state index in [1.54, 1.807) is 6.92 Å². The fourth-order valence-corrected chi connectivity index (χ4v) is 2.99. The lowest BCUT2D eigenvalue weighted by atomic mass is 10.0. The lowest BCUT2D eigenvalue weighted by Crippen LogP contribution is -2.11. The monoisotopic (exact) mass is 376 g/mol. The van der Waals surface area contributed by atoms with Crippen molar-refractivity contribution < 1.29 is 24.3 Å². The molecule has 1 aromatic heterocycles.